The smallest absolute Gasteiger partial charge is 0.257 e. The van der Waals surface area contributed by atoms with Crippen LogP contribution >= 0.6 is 0 Å². The molecule has 0 bridgehead atoms. The van der Waals surface area contributed by atoms with Crippen LogP contribution in [-0.2, 0) is 14.3 Å². The number of ether oxygens (including phenoxy) is 1. The lowest BCUT2D eigenvalue weighted by atomic mass is 10.2. The van der Waals surface area contributed by atoms with E-state index in [9.17, 15) is 14.4 Å². The number of amides is 3. The Morgan fingerprint density at radius 3 is 2.66 bits per heavy atom. The van der Waals surface area contributed by atoms with Crippen LogP contribution in [0.2, 0.25) is 0 Å². The Morgan fingerprint density at radius 2 is 1.97 bits per heavy atom. The minimum absolute atomic E-state index is 0.0376. The lowest BCUT2D eigenvalue weighted by Crippen LogP contribution is -2.40. The highest BCUT2D eigenvalue weighted by atomic mass is 16.5. The van der Waals surface area contributed by atoms with Gasteiger partial charge in [0.1, 0.15) is 12.8 Å². The van der Waals surface area contributed by atoms with Crippen LogP contribution < -0.4 is 0 Å². The molecule has 0 N–H and O–H groups in total. The molecule has 0 radical (unpaired) electrons. The van der Waals surface area contributed by atoms with Gasteiger partial charge in [-0.05, 0) is 37.7 Å². The van der Waals surface area contributed by atoms with Crippen molar-refractivity contribution in [3.63, 3.8) is 0 Å². The molecule has 3 amide bonds. The molecule has 1 aliphatic carbocycles. The van der Waals surface area contributed by atoms with E-state index in [1.807, 2.05) is 4.90 Å². The molecule has 0 unspecified atom stereocenters. The summed E-state index contributed by atoms with van der Waals surface area (Å²) in [5.74, 6) is 0.528. The van der Waals surface area contributed by atoms with Gasteiger partial charge < -0.3 is 23.9 Å². The zero-order valence-electron chi connectivity index (χ0n) is 16.8. The molecule has 0 aromatic carbocycles. The van der Waals surface area contributed by atoms with Crippen LogP contribution in [0.15, 0.2) is 23.0 Å². The number of carbonyl (C=O) groups excluding carboxylic acids is 3. The zero-order chi connectivity index (χ0) is 20.2. The summed E-state index contributed by atoms with van der Waals surface area (Å²) in [5, 5.41) is 0. The lowest BCUT2D eigenvalue weighted by Gasteiger charge is -2.25. The van der Waals surface area contributed by atoms with Crippen LogP contribution in [-0.4, -0.2) is 84.4 Å². The van der Waals surface area contributed by atoms with Crippen LogP contribution in [0.25, 0.3) is 0 Å². The number of hydrogen-bond acceptors (Lipinski definition) is 5. The largest absolute Gasteiger partial charge is 0.472 e. The molecule has 1 aromatic heterocycles. The quantitative estimate of drug-likeness (QED) is 0.655. The van der Waals surface area contributed by atoms with E-state index in [-0.39, 0.29) is 30.4 Å². The van der Waals surface area contributed by atoms with Crippen molar-refractivity contribution in [2.45, 2.75) is 38.2 Å². The maximum Gasteiger partial charge on any atom is 0.257 e. The molecule has 3 heterocycles. The van der Waals surface area contributed by atoms with Crippen molar-refractivity contribution in [3.05, 3.63) is 24.2 Å². The zero-order valence-corrected chi connectivity index (χ0v) is 16.8. The molecular formula is C21H29N3O5. The van der Waals surface area contributed by atoms with E-state index in [4.69, 9.17) is 9.15 Å². The summed E-state index contributed by atoms with van der Waals surface area (Å²) in [7, 11) is 0. The normalized spacial score (nSPS) is 23.0. The maximum atomic E-state index is 12.9. The van der Waals surface area contributed by atoms with Gasteiger partial charge in [0.2, 0.25) is 11.8 Å². The van der Waals surface area contributed by atoms with Crippen molar-refractivity contribution in [1.29, 1.82) is 0 Å². The van der Waals surface area contributed by atoms with E-state index in [1.165, 1.54) is 25.4 Å². The van der Waals surface area contributed by atoms with Crippen LogP contribution in [0, 0.1) is 5.92 Å². The van der Waals surface area contributed by atoms with Gasteiger partial charge in [0.25, 0.3) is 5.91 Å². The summed E-state index contributed by atoms with van der Waals surface area (Å²) in [6.45, 7) is 3.65. The molecule has 29 heavy (non-hydrogen) atoms. The Balaban J connectivity index is 1.37. The predicted octanol–water partition coefficient (Wildman–Crippen LogP) is 1.37. The number of furan rings is 1. The third-order valence-corrected chi connectivity index (χ3v) is 5.87. The third-order valence-electron chi connectivity index (χ3n) is 5.87. The first-order valence-electron chi connectivity index (χ1n) is 10.6. The second-order valence-corrected chi connectivity index (χ2v) is 8.27. The first-order valence-corrected chi connectivity index (χ1v) is 10.6. The summed E-state index contributed by atoms with van der Waals surface area (Å²) < 4.78 is 11.1. The maximum absolute atomic E-state index is 12.9. The Kier molecular flexibility index (Phi) is 6.18. The molecule has 158 valence electrons. The van der Waals surface area contributed by atoms with Crippen LogP contribution in [0.3, 0.4) is 0 Å². The highest BCUT2D eigenvalue weighted by molar-refractivity contribution is 5.96. The van der Waals surface area contributed by atoms with E-state index in [2.05, 4.69) is 0 Å². The van der Waals surface area contributed by atoms with Gasteiger partial charge in [-0.1, -0.05) is 0 Å². The second kappa shape index (κ2) is 8.98. The Labute approximate surface area is 170 Å². The average Bonchev–Trinajstić information content (AvgIpc) is 3.25. The fourth-order valence-corrected chi connectivity index (χ4v) is 3.97. The standard InChI is InChI=1S/C21H29N3O5/c25-19-3-1-7-22(19)8-2-9-23-11-18(29-14-16-4-5-16)12-24(13-20(23)26)21(27)17-6-10-28-15-17/h6,10,15-16,18H,1-5,7-9,11-14H2/t18-/m0/s1. The highest BCUT2D eigenvalue weighted by Crippen LogP contribution is 2.29. The molecule has 1 saturated carbocycles. The molecular weight excluding hydrogens is 374 g/mol. The second-order valence-electron chi connectivity index (χ2n) is 8.27. The fourth-order valence-electron chi connectivity index (χ4n) is 3.97. The monoisotopic (exact) mass is 403 g/mol. The Morgan fingerprint density at radius 1 is 1.14 bits per heavy atom. The number of rotatable bonds is 8. The van der Waals surface area contributed by atoms with Gasteiger partial charge in [0.05, 0.1) is 17.9 Å². The number of hydrogen-bond donors (Lipinski definition) is 0. The molecule has 0 spiro atoms. The molecule has 8 heteroatoms. The molecule has 3 aliphatic rings. The summed E-state index contributed by atoms with van der Waals surface area (Å²) in [4.78, 5) is 42.7. The SMILES string of the molecule is O=C1CCCN1CCCN1C[C@H](OCC2CC2)CN(C(=O)c2ccoc2)CC1=O. The fraction of sp³-hybridized carbons (Fsp3) is 0.667. The molecule has 2 saturated heterocycles. The van der Waals surface area contributed by atoms with Crippen LogP contribution in [0.4, 0.5) is 0 Å². The van der Waals surface area contributed by atoms with Gasteiger partial charge in [-0.15, -0.1) is 0 Å². The molecule has 1 aromatic rings. The third kappa shape index (κ3) is 5.18. The number of nitrogens with zero attached hydrogens (tertiary/aromatic N) is 3. The molecule has 4 rings (SSSR count). The topological polar surface area (TPSA) is 83.3 Å². The minimum Gasteiger partial charge on any atom is -0.472 e. The van der Waals surface area contributed by atoms with E-state index < -0.39 is 0 Å². The van der Waals surface area contributed by atoms with Gasteiger partial charge in [-0.25, -0.2) is 0 Å². The van der Waals surface area contributed by atoms with Gasteiger partial charge in [0, 0.05) is 45.8 Å². The summed E-state index contributed by atoms with van der Waals surface area (Å²) in [6, 6.07) is 1.61. The van der Waals surface area contributed by atoms with E-state index in [1.54, 1.807) is 15.9 Å². The van der Waals surface area contributed by atoms with E-state index >= 15 is 0 Å². The van der Waals surface area contributed by atoms with E-state index in [0.29, 0.717) is 50.7 Å². The number of carbonyl (C=O) groups is 3. The van der Waals surface area contributed by atoms with Gasteiger partial charge in [-0.2, -0.15) is 0 Å². The van der Waals surface area contributed by atoms with Gasteiger partial charge >= 0.3 is 0 Å². The average molecular weight is 403 g/mol. The summed E-state index contributed by atoms with van der Waals surface area (Å²) in [5.41, 5.74) is 0.444. The van der Waals surface area contributed by atoms with Crippen LogP contribution in [0.1, 0.15) is 42.5 Å². The van der Waals surface area contributed by atoms with Crippen molar-refractivity contribution < 1.29 is 23.5 Å². The first kappa shape index (κ1) is 19.9. The molecule has 3 fully saturated rings. The van der Waals surface area contributed by atoms with Gasteiger partial charge in [-0.3, -0.25) is 14.4 Å². The lowest BCUT2D eigenvalue weighted by molar-refractivity contribution is -0.131. The Hall–Kier alpha value is -2.35. The Bertz CT molecular complexity index is 731. The minimum atomic E-state index is -0.211. The van der Waals surface area contributed by atoms with Crippen molar-refractivity contribution in [3.8, 4) is 0 Å². The van der Waals surface area contributed by atoms with Gasteiger partial charge in [0.15, 0.2) is 0 Å². The molecule has 1 atom stereocenters. The predicted molar refractivity (Wildman–Crippen MR) is 104 cm³/mol. The van der Waals surface area contributed by atoms with Crippen molar-refractivity contribution in [1.82, 2.24) is 14.7 Å². The summed E-state index contributed by atoms with van der Waals surface area (Å²) >= 11 is 0. The highest BCUT2D eigenvalue weighted by Gasteiger charge is 2.33. The van der Waals surface area contributed by atoms with Crippen molar-refractivity contribution in [2.75, 3.05) is 45.9 Å². The van der Waals surface area contributed by atoms with E-state index in [0.717, 1.165) is 19.4 Å². The first-order chi connectivity index (χ1) is 14.1. The van der Waals surface area contributed by atoms with Crippen molar-refractivity contribution >= 4 is 17.7 Å². The summed E-state index contributed by atoms with van der Waals surface area (Å²) in [6.07, 6.45) is 7.33. The molecule has 2 aliphatic heterocycles. The number of likely N-dealkylation sites (tertiary alicyclic amines) is 1. The van der Waals surface area contributed by atoms with Crippen molar-refractivity contribution in [2.24, 2.45) is 5.92 Å². The van der Waals surface area contributed by atoms with Crippen LogP contribution in [0.5, 0.6) is 0 Å². The molecule has 8 nitrogen and oxygen atoms in total.